The van der Waals surface area contributed by atoms with Crippen molar-refractivity contribution in [3.63, 3.8) is 0 Å². The molecule has 1 saturated carbocycles. The molecular formula is C12H20O2. The fraction of sp³-hybridized carbons (Fsp3) is 0.917. The Kier molecular flexibility index (Phi) is 2.54. The molecule has 2 fully saturated rings. The summed E-state index contributed by atoms with van der Waals surface area (Å²) in [5.41, 5.74) is -0.104. The SMILES string of the molecule is C[C@@H]1CCCC[C@H](C)C12CCC(=O)O2. The Bertz CT molecular complexity index is 222. The monoisotopic (exact) mass is 196 g/mol. The molecular weight excluding hydrogens is 176 g/mol. The van der Waals surface area contributed by atoms with Crippen LogP contribution in [-0.2, 0) is 9.53 Å². The van der Waals surface area contributed by atoms with E-state index in [-0.39, 0.29) is 11.6 Å². The van der Waals surface area contributed by atoms with Gasteiger partial charge in [0.25, 0.3) is 0 Å². The van der Waals surface area contributed by atoms with Gasteiger partial charge in [-0.3, -0.25) is 4.79 Å². The molecule has 1 heterocycles. The van der Waals surface area contributed by atoms with Gasteiger partial charge in [0, 0.05) is 6.42 Å². The first kappa shape index (κ1) is 10.0. The fourth-order valence-electron chi connectivity index (χ4n) is 3.18. The van der Waals surface area contributed by atoms with Gasteiger partial charge in [0.05, 0.1) is 0 Å². The highest BCUT2D eigenvalue weighted by molar-refractivity contribution is 5.72. The second-order valence-electron chi connectivity index (χ2n) is 5.02. The van der Waals surface area contributed by atoms with Gasteiger partial charge in [-0.1, -0.05) is 26.7 Å². The third-order valence-electron chi connectivity index (χ3n) is 4.22. The zero-order valence-electron chi connectivity index (χ0n) is 9.21. The molecule has 0 amide bonds. The van der Waals surface area contributed by atoms with Crippen molar-refractivity contribution in [3.05, 3.63) is 0 Å². The van der Waals surface area contributed by atoms with E-state index in [1.165, 1.54) is 25.7 Å². The molecule has 0 N–H and O–H groups in total. The van der Waals surface area contributed by atoms with Gasteiger partial charge in [0.1, 0.15) is 5.60 Å². The Morgan fingerprint density at radius 2 is 1.79 bits per heavy atom. The minimum Gasteiger partial charge on any atom is -0.458 e. The quantitative estimate of drug-likeness (QED) is 0.557. The molecule has 80 valence electrons. The second kappa shape index (κ2) is 3.56. The third kappa shape index (κ3) is 1.45. The van der Waals surface area contributed by atoms with Crippen LogP contribution in [0.15, 0.2) is 0 Å². The minimum absolute atomic E-state index is 0.0191. The molecule has 2 aliphatic rings. The lowest BCUT2D eigenvalue weighted by molar-refractivity contribution is -0.158. The first-order valence-corrected chi connectivity index (χ1v) is 5.87. The van der Waals surface area contributed by atoms with Crippen LogP contribution < -0.4 is 0 Å². The normalized spacial score (nSPS) is 43.7. The van der Waals surface area contributed by atoms with Gasteiger partial charge in [-0.15, -0.1) is 0 Å². The number of hydrogen-bond acceptors (Lipinski definition) is 2. The maximum atomic E-state index is 11.3. The van der Waals surface area contributed by atoms with Gasteiger partial charge in [-0.2, -0.15) is 0 Å². The first-order chi connectivity index (χ1) is 6.65. The average Bonchev–Trinajstić information content (AvgIpc) is 2.49. The molecule has 2 heteroatoms. The highest BCUT2D eigenvalue weighted by atomic mass is 16.6. The van der Waals surface area contributed by atoms with Crippen LogP contribution in [-0.4, -0.2) is 11.6 Å². The summed E-state index contributed by atoms with van der Waals surface area (Å²) >= 11 is 0. The van der Waals surface area contributed by atoms with Crippen LogP contribution in [0.3, 0.4) is 0 Å². The van der Waals surface area contributed by atoms with Crippen LogP contribution in [0.5, 0.6) is 0 Å². The summed E-state index contributed by atoms with van der Waals surface area (Å²) < 4.78 is 5.66. The maximum Gasteiger partial charge on any atom is 0.306 e. The van der Waals surface area contributed by atoms with E-state index >= 15 is 0 Å². The van der Waals surface area contributed by atoms with E-state index in [1.807, 2.05) is 0 Å². The highest BCUT2D eigenvalue weighted by Gasteiger charge is 2.49. The molecule has 1 aliphatic heterocycles. The van der Waals surface area contributed by atoms with Gasteiger partial charge in [0.2, 0.25) is 0 Å². The summed E-state index contributed by atoms with van der Waals surface area (Å²) in [6.45, 7) is 4.50. The molecule has 0 radical (unpaired) electrons. The first-order valence-electron chi connectivity index (χ1n) is 5.87. The zero-order chi connectivity index (χ0) is 10.2. The van der Waals surface area contributed by atoms with Crippen molar-refractivity contribution < 1.29 is 9.53 Å². The summed E-state index contributed by atoms with van der Waals surface area (Å²) in [6.07, 6.45) is 6.62. The Morgan fingerprint density at radius 1 is 1.21 bits per heavy atom. The lowest BCUT2D eigenvalue weighted by Gasteiger charge is -2.37. The number of rotatable bonds is 0. The predicted octanol–water partition coefficient (Wildman–Crippen LogP) is 2.91. The number of esters is 1. The van der Waals surface area contributed by atoms with Crippen LogP contribution >= 0.6 is 0 Å². The predicted molar refractivity (Wildman–Crippen MR) is 54.9 cm³/mol. The van der Waals surface area contributed by atoms with Gasteiger partial charge >= 0.3 is 5.97 Å². The largest absolute Gasteiger partial charge is 0.458 e. The lowest BCUT2D eigenvalue weighted by atomic mass is 9.76. The van der Waals surface area contributed by atoms with Crippen LogP contribution in [0, 0.1) is 11.8 Å². The molecule has 0 aromatic rings. The van der Waals surface area contributed by atoms with Gasteiger partial charge in [0.15, 0.2) is 0 Å². The van der Waals surface area contributed by atoms with E-state index in [4.69, 9.17) is 4.74 Å². The second-order valence-corrected chi connectivity index (χ2v) is 5.02. The van der Waals surface area contributed by atoms with Crippen LogP contribution in [0.25, 0.3) is 0 Å². The fourth-order valence-corrected chi connectivity index (χ4v) is 3.18. The van der Waals surface area contributed by atoms with E-state index in [1.54, 1.807) is 0 Å². The molecule has 1 unspecified atom stereocenters. The minimum atomic E-state index is -0.104. The summed E-state index contributed by atoms with van der Waals surface area (Å²) in [4.78, 5) is 11.3. The van der Waals surface area contributed by atoms with Crippen LogP contribution in [0.4, 0.5) is 0 Å². The molecule has 0 aromatic heterocycles. The molecule has 1 spiro atoms. The average molecular weight is 196 g/mol. The van der Waals surface area contributed by atoms with Crippen molar-refractivity contribution in [2.75, 3.05) is 0 Å². The molecule has 0 aromatic carbocycles. The molecule has 1 saturated heterocycles. The van der Waals surface area contributed by atoms with E-state index in [2.05, 4.69) is 13.8 Å². The molecule has 14 heavy (non-hydrogen) atoms. The summed E-state index contributed by atoms with van der Waals surface area (Å²) in [5.74, 6) is 1.11. The number of carbonyl (C=O) groups is 1. The molecule has 2 nitrogen and oxygen atoms in total. The number of hydrogen-bond donors (Lipinski definition) is 0. The van der Waals surface area contributed by atoms with Crippen molar-refractivity contribution in [3.8, 4) is 0 Å². The number of ether oxygens (including phenoxy) is 1. The summed E-state index contributed by atoms with van der Waals surface area (Å²) in [5, 5.41) is 0. The maximum absolute atomic E-state index is 11.3. The summed E-state index contributed by atoms with van der Waals surface area (Å²) in [6, 6.07) is 0. The van der Waals surface area contributed by atoms with Crippen molar-refractivity contribution in [1.29, 1.82) is 0 Å². The van der Waals surface area contributed by atoms with Gasteiger partial charge in [-0.05, 0) is 31.1 Å². The standard InChI is InChI=1S/C12H20O2/c1-9-5-3-4-6-10(2)12(9)8-7-11(13)14-12/h9-10H,3-8H2,1-2H3/t9-,10+,12?. The van der Waals surface area contributed by atoms with E-state index < -0.39 is 0 Å². The smallest absolute Gasteiger partial charge is 0.306 e. The third-order valence-corrected chi connectivity index (χ3v) is 4.22. The van der Waals surface area contributed by atoms with E-state index in [9.17, 15) is 4.79 Å². The van der Waals surface area contributed by atoms with Crippen LogP contribution in [0.1, 0.15) is 52.4 Å². The van der Waals surface area contributed by atoms with Crippen molar-refractivity contribution >= 4 is 5.97 Å². The Hall–Kier alpha value is -0.530. The van der Waals surface area contributed by atoms with E-state index in [0.717, 1.165) is 6.42 Å². The summed E-state index contributed by atoms with van der Waals surface area (Å²) in [7, 11) is 0. The zero-order valence-corrected chi connectivity index (χ0v) is 9.21. The highest BCUT2D eigenvalue weighted by Crippen LogP contribution is 2.45. The molecule has 2 rings (SSSR count). The van der Waals surface area contributed by atoms with Crippen molar-refractivity contribution in [1.82, 2.24) is 0 Å². The number of carbonyl (C=O) groups excluding carboxylic acids is 1. The molecule has 1 aliphatic carbocycles. The van der Waals surface area contributed by atoms with Crippen molar-refractivity contribution in [2.45, 2.75) is 58.0 Å². The van der Waals surface area contributed by atoms with Crippen molar-refractivity contribution in [2.24, 2.45) is 11.8 Å². The molecule has 3 atom stereocenters. The lowest BCUT2D eigenvalue weighted by Crippen LogP contribution is -2.41. The topological polar surface area (TPSA) is 26.3 Å². The van der Waals surface area contributed by atoms with Gasteiger partial charge < -0.3 is 4.74 Å². The Labute approximate surface area is 86.0 Å². The Morgan fingerprint density at radius 3 is 2.21 bits per heavy atom. The van der Waals surface area contributed by atoms with E-state index in [0.29, 0.717) is 18.3 Å². The Balaban J connectivity index is 2.22. The molecule has 0 bridgehead atoms. The van der Waals surface area contributed by atoms with Gasteiger partial charge in [-0.25, -0.2) is 0 Å². The van der Waals surface area contributed by atoms with Crippen LogP contribution in [0.2, 0.25) is 0 Å².